The van der Waals surface area contributed by atoms with Crippen LogP contribution < -0.4 is 4.74 Å². The van der Waals surface area contributed by atoms with Crippen LogP contribution in [-0.2, 0) is 13.0 Å². The minimum Gasteiger partial charge on any atom is -0.477 e. The molecule has 5 nitrogen and oxygen atoms in total. The summed E-state index contributed by atoms with van der Waals surface area (Å²) in [6.07, 6.45) is 6.02. The first-order chi connectivity index (χ1) is 11.2. The molecule has 3 heterocycles. The van der Waals surface area contributed by atoms with Gasteiger partial charge < -0.3 is 9.64 Å². The van der Waals surface area contributed by atoms with E-state index in [1.165, 1.54) is 57.7 Å². The van der Waals surface area contributed by atoms with Gasteiger partial charge in [-0.25, -0.2) is 0 Å². The first kappa shape index (κ1) is 16.8. The van der Waals surface area contributed by atoms with Gasteiger partial charge in [-0.2, -0.15) is 0 Å². The average molecular weight is 320 g/mol. The Hall–Kier alpha value is -1.07. The minimum absolute atomic E-state index is 0.686. The van der Waals surface area contributed by atoms with Gasteiger partial charge in [0.25, 0.3) is 0 Å². The summed E-state index contributed by atoms with van der Waals surface area (Å²) in [5.41, 5.74) is 1.34. The molecule has 1 saturated heterocycles. The summed E-state index contributed by atoms with van der Waals surface area (Å²) in [6, 6.07) is 2.82. The van der Waals surface area contributed by atoms with Crippen LogP contribution in [0.5, 0.6) is 5.88 Å². The molecule has 1 aromatic heterocycles. The van der Waals surface area contributed by atoms with Gasteiger partial charge in [-0.15, -0.1) is 5.10 Å². The van der Waals surface area contributed by atoms with Gasteiger partial charge in [-0.1, -0.05) is 0 Å². The van der Waals surface area contributed by atoms with Gasteiger partial charge >= 0.3 is 0 Å². The molecule has 1 fully saturated rings. The third-order valence-electron chi connectivity index (χ3n) is 5.15. The summed E-state index contributed by atoms with van der Waals surface area (Å²) >= 11 is 0. The minimum atomic E-state index is 0.686. The van der Waals surface area contributed by atoms with Crippen molar-refractivity contribution in [3.63, 3.8) is 0 Å². The molecule has 0 atom stereocenters. The van der Waals surface area contributed by atoms with Crippen molar-refractivity contribution in [3.05, 3.63) is 11.8 Å². The van der Waals surface area contributed by atoms with Crippen LogP contribution in [0.3, 0.4) is 0 Å². The van der Waals surface area contributed by atoms with Crippen LogP contribution in [0, 0.1) is 0 Å². The third kappa shape index (κ3) is 4.70. The zero-order chi connectivity index (χ0) is 16.1. The number of piperazine rings is 1. The van der Waals surface area contributed by atoms with E-state index in [1.807, 2.05) is 0 Å². The van der Waals surface area contributed by atoms with Crippen LogP contribution in [0.1, 0.15) is 45.2 Å². The Morgan fingerprint density at radius 3 is 2.65 bits per heavy atom. The SMILES string of the molecule is CC(C)N1CCN(CCCCOc2cc3n(n2)CCCC3)CC1. The third-order valence-corrected chi connectivity index (χ3v) is 5.15. The molecule has 1 aromatic rings. The summed E-state index contributed by atoms with van der Waals surface area (Å²) < 4.78 is 7.96. The van der Waals surface area contributed by atoms with Crippen molar-refractivity contribution in [2.75, 3.05) is 39.3 Å². The molecule has 2 aliphatic heterocycles. The Bertz CT molecular complexity index is 454. The molecule has 0 amide bonds. The van der Waals surface area contributed by atoms with Crippen LogP contribution in [0.2, 0.25) is 0 Å². The van der Waals surface area contributed by atoms with E-state index in [0.29, 0.717) is 6.04 Å². The Morgan fingerprint density at radius 2 is 1.91 bits per heavy atom. The molecule has 3 rings (SSSR count). The summed E-state index contributed by atoms with van der Waals surface area (Å²) in [4.78, 5) is 5.16. The number of aromatic nitrogens is 2. The molecule has 0 radical (unpaired) electrons. The van der Waals surface area contributed by atoms with E-state index >= 15 is 0 Å². The number of aryl methyl sites for hydroxylation is 2. The molecule has 5 heteroatoms. The smallest absolute Gasteiger partial charge is 0.232 e. The number of hydrogen-bond donors (Lipinski definition) is 0. The normalized spacial score (nSPS) is 20.0. The Morgan fingerprint density at radius 1 is 1.09 bits per heavy atom. The van der Waals surface area contributed by atoms with E-state index in [1.54, 1.807) is 0 Å². The van der Waals surface area contributed by atoms with Crippen LogP contribution in [0.15, 0.2) is 6.07 Å². The second-order valence-corrected chi connectivity index (χ2v) is 7.18. The summed E-state index contributed by atoms with van der Waals surface area (Å²) in [5.74, 6) is 0.826. The van der Waals surface area contributed by atoms with Crippen molar-refractivity contribution in [2.45, 2.75) is 58.5 Å². The van der Waals surface area contributed by atoms with Crippen molar-refractivity contribution in [3.8, 4) is 5.88 Å². The van der Waals surface area contributed by atoms with Gasteiger partial charge in [0.1, 0.15) is 0 Å². The molecule has 0 N–H and O–H groups in total. The number of ether oxygens (including phenoxy) is 1. The fourth-order valence-corrected chi connectivity index (χ4v) is 3.58. The van der Waals surface area contributed by atoms with Crippen LogP contribution in [0.25, 0.3) is 0 Å². The maximum atomic E-state index is 5.84. The first-order valence-electron chi connectivity index (χ1n) is 9.38. The monoisotopic (exact) mass is 320 g/mol. The largest absolute Gasteiger partial charge is 0.477 e. The number of hydrogen-bond acceptors (Lipinski definition) is 4. The number of fused-ring (bicyclic) bond motifs is 1. The molecule has 130 valence electrons. The van der Waals surface area contributed by atoms with E-state index in [-0.39, 0.29) is 0 Å². The topological polar surface area (TPSA) is 33.5 Å². The number of rotatable bonds is 7. The van der Waals surface area contributed by atoms with Gasteiger partial charge in [0.2, 0.25) is 5.88 Å². The second-order valence-electron chi connectivity index (χ2n) is 7.18. The molecule has 23 heavy (non-hydrogen) atoms. The zero-order valence-corrected chi connectivity index (χ0v) is 14.8. The number of unbranched alkanes of at least 4 members (excludes halogenated alkanes) is 1. The van der Waals surface area contributed by atoms with Gasteiger partial charge in [0.05, 0.1) is 6.61 Å². The lowest BCUT2D eigenvalue weighted by molar-refractivity contribution is 0.106. The highest BCUT2D eigenvalue weighted by atomic mass is 16.5. The van der Waals surface area contributed by atoms with E-state index < -0.39 is 0 Å². The maximum absolute atomic E-state index is 5.84. The van der Waals surface area contributed by atoms with Gasteiger partial charge in [0, 0.05) is 50.5 Å². The molecule has 0 bridgehead atoms. The molecule has 0 aliphatic carbocycles. The standard InChI is InChI=1S/C18H32N4O/c1-16(2)21-12-10-20(11-13-21)8-5-6-14-23-18-15-17-7-3-4-9-22(17)19-18/h15-16H,3-14H2,1-2H3. The van der Waals surface area contributed by atoms with Crippen molar-refractivity contribution >= 4 is 0 Å². The molecule has 0 spiro atoms. The van der Waals surface area contributed by atoms with Crippen LogP contribution in [-0.4, -0.2) is 65.0 Å². The molecular formula is C18H32N4O. The molecule has 0 aromatic carbocycles. The Kier molecular flexibility index (Phi) is 5.95. The summed E-state index contributed by atoms with van der Waals surface area (Å²) in [7, 11) is 0. The van der Waals surface area contributed by atoms with Crippen LogP contribution in [0.4, 0.5) is 0 Å². The predicted molar refractivity (Wildman–Crippen MR) is 93.0 cm³/mol. The van der Waals surface area contributed by atoms with E-state index in [9.17, 15) is 0 Å². The molecule has 0 saturated carbocycles. The summed E-state index contributed by atoms with van der Waals surface area (Å²) in [5, 5.41) is 4.54. The quantitative estimate of drug-likeness (QED) is 0.723. The van der Waals surface area contributed by atoms with Gasteiger partial charge in [-0.3, -0.25) is 9.58 Å². The Balaban J connectivity index is 1.28. The van der Waals surface area contributed by atoms with Crippen molar-refractivity contribution in [1.29, 1.82) is 0 Å². The zero-order valence-electron chi connectivity index (χ0n) is 14.8. The number of nitrogens with zero attached hydrogens (tertiary/aromatic N) is 4. The van der Waals surface area contributed by atoms with E-state index in [0.717, 1.165) is 31.9 Å². The lowest BCUT2D eigenvalue weighted by atomic mass is 10.1. The molecule has 0 unspecified atom stereocenters. The average Bonchev–Trinajstić information content (AvgIpc) is 2.97. The fraction of sp³-hybridized carbons (Fsp3) is 0.833. The Labute approximate surface area is 140 Å². The van der Waals surface area contributed by atoms with Crippen molar-refractivity contribution in [2.24, 2.45) is 0 Å². The van der Waals surface area contributed by atoms with E-state index in [4.69, 9.17) is 4.74 Å². The van der Waals surface area contributed by atoms with Gasteiger partial charge in [-0.05, 0) is 52.5 Å². The lowest BCUT2D eigenvalue weighted by Crippen LogP contribution is -2.48. The molecule has 2 aliphatic rings. The maximum Gasteiger partial charge on any atom is 0.232 e. The van der Waals surface area contributed by atoms with Crippen LogP contribution >= 0.6 is 0 Å². The fourth-order valence-electron chi connectivity index (χ4n) is 3.58. The van der Waals surface area contributed by atoms with Crippen molar-refractivity contribution in [1.82, 2.24) is 19.6 Å². The van der Waals surface area contributed by atoms with Gasteiger partial charge in [0.15, 0.2) is 0 Å². The summed E-state index contributed by atoms with van der Waals surface area (Å²) in [6.45, 7) is 12.5. The van der Waals surface area contributed by atoms with Crippen molar-refractivity contribution < 1.29 is 4.74 Å². The highest BCUT2D eigenvalue weighted by Gasteiger charge is 2.18. The predicted octanol–water partition coefficient (Wildman–Crippen LogP) is 2.40. The van der Waals surface area contributed by atoms with E-state index in [2.05, 4.69) is 39.5 Å². The second kappa shape index (κ2) is 8.15. The highest BCUT2D eigenvalue weighted by molar-refractivity contribution is 5.16. The molecular weight excluding hydrogens is 288 g/mol. The highest BCUT2D eigenvalue weighted by Crippen LogP contribution is 2.19. The first-order valence-corrected chi connectivity index (χ1v) is 9.38. The lowest BCUT2D eigenvalue weighted by Gasteiger charge is -2.36.